The Morgan fingerprint density at radius 3 is 3.25 bits per heavy atom. The van der Waals surface area contributed by atoms with E-state index in [0.717, 1.165) is 41.6 Å². The molecule has 90 valence electrons. The van der Waals surface area contributed by atoms with Crippen LogP contribution in [0.5, 0.6) is 0 Å². The predicted molar refractivity (Wildman–Crippen MR) is 68.8 cm³/mol. The standard InChI is InChI=1S/C10H17N3OS2/c1-2-6-14-8-4-3-5-13(7-8)9-11-12-10(15)16-9/h8H,2-7H2,1H3,(H,12,15). The number of anilines is 1. The van der Waals surface area contributed by atoms with E-state index < -0.39 is 0 Å². The molecule has 2 heterocycles. The quantitative estimate of drug-likeness (QED) is 0.844. The Hall–Kier alpha value is -0.460. The van der Waals surface area contributed by atoms with Crippen molar-refractivity contribution in [2.45, 2.75) is 32.3 Å². The van der Waals surface area contributed by atoms with Crippen LogP contribution in [-0.2, 0) is 4.74 Å². The number of piperidine rings is 1. The Morgan fingerprint density at radius 1 is 1.69 bits per heavy atom. The van der Waals surface area contributed by atoms with Crippen LogP contribution in [-0.4, -0.2) is 36.0 Å². The van der Waals surface area contributed by atoms with E-state index in [9.17, 15) is 0 Å². The molecule has 0 spiro atoms. The molecule has 1 aliphatic heterocycles. The Kier molecular flexibility index (Phi) is 4.31. The lowest BCUT2D eigenvalue weighted by Gasteiger charge is -2.32. The van der Waals surface area contributed by atoms with E-state index in [1.807, 2.05) is 0 Å². The van der Waals surface area contributed by atoms with Crippen LogP contribution in [0.3, 0.4) is 0 Å². The van der Waals surface area contributed by atoms with Crippen molar-refractivity contribution in [3.8, 4) is 0 Å². The number of hydrogen-bond acceptors (Lipinski definition) is 5. The van der Waals surface area contributed by atoms with Crippen LogP contribution in [0.15, 0.2) is 0 Å². The second-order valence-electron chi connectivity index (χ2n) is 3.98. The summed E-state index contributed by atoms with van der Waals surface area (Å²) in [5.74, 6) is 0. The summed E-state index contributed by atoms with van der Waals surface area (Å²) in [4.78, 5) is 2.26. The zero-order chi connectivity index (χ0) is 11.4. The highest BCUT2D eigenvalue weighted by atomic mass is 32.1. The number of aromatic amines is 1. The molecule has 1 aromatic rings. The van der Waals surface area contributed by atoms with Crippen molar-refractivity contribution in [2.24, 2.45) is 0 Å². The summed E-state index contributed by atoms with van der Waals surface area (Å²) in [6, 6.07) is 0. The average Bonchev–Trinajstić information content (AvgIpc) is 2.74. The fourth-order valence-electron chi connectivity index (χ4n) is 1.89. The summed E-state index contributed by atoms with van der Waals surface area (Å²) in [7, 11) is 0. The maximum absolute atomic E-state index is 5.79. The van der Waals surface area contributed by atoms with Gasteiger partial charge < -0.3 is 9.64 Å². The molecule has 0 aromatic carbocycles. The van der Waals surface area contributed by atoms with Gasteiger partial charge in [-0.1, -0.05) is 18.3 Å². The van der Waals surface area contributed by atoms with Crippen LogP contribution in [0.2, 0.25) is 0 Å². The molecule has 1 unspecified atom stereocenters. The van der Waals surface area contributed by atoms with Gasteiger partial charge in [0.25, 0.3) is 0 Å². The van der Waals surface area contributed by atoms with Gasteiger partial charge in [0.1, 0.15) is 0 Å². The highest BCUT2D eigenvalue weighted by Gasteiger charge is 2.22. The smallest absolute Gasteiger partial charge is 0.207 e. The van der Waals surface area contributed by atoms with E-state index in [0.29, 0.717) is 6.10 Å². The molecule has 1 N–H and O–H groups in total. The van der Waals surface area contributed by atoms with Gasteiger partial charge in [0.05, 0.1) is 6.10 Å². The Bertz CT molecular complexity index is 376. The topological polar surface area (TPSA) is 41.1 Å². The lowest BCUT2D eigenvalue weighted by molar-refractivity contribution is 0.0440. The lowest BCUT2D eigenvalue weighted by Crippen LogP contribution is -2.39. The summed E-state index contributed by atoms with van der Waals surface area (Å²) >= 11 is 6.58. The molecular weight excluding hydrogens is 242 g/mol. The molecule has 6 heteroatoms. The number of hydrogen-bond donors (Lipinski definition) is 1. The molecule has 16 heavy (non-hydrogen) atoms. The molecule has 0 bridgehead atoms. The predicted octanol–water partition coefficient (Wildman–Crippen LogP) is 2.60. The van der Waals surface area contributed by atoms with Crippen LogP contribution in [0.1, 0.15) is 26.2 Å². The van der Waals surface area contributed by atoms with Gasteiger partial charge in [-0.05, 0) is 31.5 Å². The van der Waals surface area contributed by atoms with Crippen LogP contribution in [0.4, 0.5) is 5.13 Å². The molecule has 0 aliphatic carbocycles. The third kappa shape index (κ3) is 3.02. The second kappa shape index (κ2) is 5.75. The minimum absolute atomic E-state index is 0.353. The van der Waals surface area contributed by atoms with E-state index >= 15 is 0 Å². The van der Waals surface area contributed by atoms with Gasteiger partial charge in [-0.3, -0.25) is 5.10 Å². The van der Waals surface area contributed by atoms with Gasteiger partial charge in [0.15, 0.2) is 3.95 Å². The first-order valence-corrected chi connectivity index (χ1v) is 6.94. The van der Waals surface area contributed by atoms with Crippen molar-refractivity contribution in [3.05, 3.63) is 3.95 Å². The number of ether oxygens (including phenoxy) is 1. The maximum atomic E-state index is 5.79. The molecule has 2 rings (SSSR count). The average molecular weight is 259 g/mol. The number of H-pyrrole nitrogens is 1. The fourth-order valence-corrected chi connectivity index (χ4v) is 2.80. The van der Waals surface area contributed by atoms with E-state index in [1.54, 1.807) is 0 Å². The Labute approximate surface area is 105 Å². The van der Waals surface area contributed by atoms with Crippen LogP contribution in [0, 0.1) is 3.95 Å². The molecule has 1 fully saturated rings. The van der Waals surface area contributed by atoms with Crippen molar-refractivity contribution in [1.29, 1.82) is 0 Å². The number of nitrogens with one attached hydrogen (secondary N) is 1. The van der Waals surface area contributed by atoms with Crippen LogP contribution >= 0.6 is 23.6 Å². The summed E-state index contributed by atoms with van der Waals surface area (Å²) in [5, 5.41) is 8.03. The minimum Gasteiger partial charge on any atom is -0.376 e. The molecule has 1 aliphatic rings. The van der Waals surface area contributed by atoms with E-state index in [4.69, 9.17) is 17.0 Å². The molecule has 0 radical (unpaired) electrons. The van der Waals surface area contributed by atoms with Gasteiger partial charge in [0.2, 0.25) is 5.13 Å². The molecule has 1 saturated heterocycles. The van der Waals surface area contributed by atoms with Gasteiger partial charge in [-0.15, -0.1) is 5.10 Å². The summed E-state index contributed by atoms with van der Waals surface area (Å²) in [6.45, 7) is 4.99. The Morgan fingerprint density at radius 2 is 2.56 bits per heavy atom. The first-order chi connectivity index (χ1) is 7.79. The third-order valence-electron chi connectivity index (χ3n) is 2.63. The number of aromatic nitrogens is 2. The minimum atomic E-state index is 0.353. The largest absolute Gasteiger partial charge is 0.376 e. The van der Waals surface area contributed by atoms with Gasteiger partial charge in [-0.2, -0.15) is 0 Å². The highest BCUT2D eigenvalue weighted by molar-refractivity contribution is 7.73. The number of rotatable bonds is 4. The zero-order valence-electron chi connectivity index (χ0n) is 9.44. The second-order valence-corrected chi connectivity index (χ2v) is 5.62. The summed E-state index contributed by atoms with van der Waals surface area (Å²) in [5.41, 5.74) is 0. The van der Waals surface area contributed by atoms with Crippen LogP contribution in [0.25, 0.3) is 0 Å². The Balaban J connectivity index is 1.93. The molecule has 1 aromatic heterocycles. The zero-order valence-corrected chi connectivity index (χ0v) is 11.1. The third-order valence-corrected chi connectivity index (χ3v) is 3.78. The first kappa shape index (κ1) is 12.0. The molecular formula is C10H17N3OS2. The number of nitrogens with zero attached hydrogens (tertiary/aromatic N) is 2. The van der Waals surface area contributed by atoms with Crippen molar-refractivity contribution in [1.82, 2.24) is 10.2 Å². The summed E-state index contributed by atoms with van der Waals surface area (Å²) in [6.07, 6.45) is 3.76. The van der Waals surface area contributed by atoms with E-state index in [1.165, 1.54) is 17.8 Å². The van der Waals surface area contributed by atoms with Crippen molar-refractivity contribution >= 4 is 28.7 Å². The molecule has 0 amide bonds. The van der Waals surface area contributed by atoms with Gasteiger partial charge >= 0.3 is 0 Å². The van der Waals surface area contributed by atoms with Crippen molar-refractivity contribution < 1.29 is 4.74 Å². The summed E-state index contributed by atoms with van der Waals surface area (Å²) < 4.78 is 6.53. The highest BCUT2D eigenvalue weighted by Crippen LogP contribution is 2.23. The maximum Gasteiger partial charge on any atom is 0.207 e. The SMILES string of the molecule is CCCOC1CCCN(c2n[nH]c(=S)s2)C1. The van der Waals surface area contributed by atoms with E-state index in [2.05, 4.69) is 22.0 Å². The van der Waals surface area contributed by atoms with Crippen molar-refractivity contribution in [3.63, 3.8) is 0 Å². The molecule has 0 saturated carbocycles. The normalized spacial score (nSPS) is 21.3. The van der Waals surface area contributed by atoms with Crippen molar-refractivity contribution in [2.75, 3.05) is 24.6 Å². The van der Waals surface area contributed by atoms with Gasteiger partial charge in [-0.25, -0.2) is 0 Å². The molecule has 1 atom stereocenters. The lowest BCUT2D eigenvalue weighted by atomic mass is 10.1. The molecule has 4 nitrogen and oxygen atoms in total. The van der Waals surface area contributed by atoms with E-state index in [-0.39, 0.29) is 0 Å². The fraction of sp³-hybridized carbons (Fsp3) is 0.800. The van der Waals surface area contributed by atoms with Gasteiger partial charge in [0, 0.05) is 19.7 Å². The monoisotopic (exact) mass is 259 g/mol. The van der Waals surface area contributed by atoms with Crippen LogP contribution < -0.4 is 4.90 Å². The first-order valence-electron chi connectivity index (χ1n) is 5.71.